The Hall–Kier alpha value is -1.18. The molecule has 2 atom stereocenters. The monoisotopic (exact) mass is 299 g/mol. The number of hydrogen-bond donors (Lipinski definition) is 2. The van der Waals surface area contributed by atoms with E-state index in [1.807, 2.05) is 13.8 Å². The molecule has 20 heavy (non-hydrogen) atoms. The molecule has 2 rings (SSSR count). The van der Waals surface area contributed by atoms with Crippen LogP contribution in [0.25, 0.3) is 0 Å². The lowest BCUT2D eigenvalue weighted by atomic mass is 10.2. The van der Waals surface area contributed by atoms with Crippen LogP contribution in [0.4, 0.5) is 5.69 Å². The van der Waals surface area contributed by atoms with Gasteiger partial charge in [0.2, 0.25) is 10.0 Å². The molecule has 1 aliphatic heterocycles. The Morgan fingerprint density at radius 3 is 2.95 bits per heavy atom. The van der Waals surface area contributed by atoms with E-state index >= 15 is 0 Å². The molecule has 2 unspecified atom stereocenters. The predicted octanol–water partition coefficient (Wildman–Crippen LogP) is 1.36. The van der Waals surface area contributed by atoms with Crippen LogP contribution in [0.15, 0.2) is 23.4 Å². The Morgan fingerprint density at radius 2 is 2.30 bits per heavy atom. The van der Waals surface area contributed by atoms with Gasteiger partial charge in [-0.25, -0.2) is 13.1 Å². The molecule has 0 saturated carbocycles. The van der Waals surface area contributed by atoms with E-state index in [1.165, 1.54) is 6.20 Å². The average molecular weight is 299 g/mol. The summed E-state index contributed by atoms with van der Waals surface area (Å²) >= 11 is 0. The molecule has 0 aromatic carbocycles. The zero-order chi connectivity index (χ0) is 14.6. The second-order valence-corrected chi connectivity index (χ2v) is 6.57. The molecule has 7 heteroatoms. The van der Waals surface area contributed by atoms with E-state index in [0.717, 1.165) is 13.0 Å². The largest absolute Gasteiger partial charge is 0.384 e. The maximum Gasteiger partial charge on any atom is 0.244 e. The molecule has 2 heterocycles. The number of anilines is 1. The van der Waals surface area contributed by atoms with Crippen molar-refractivity contribution in [2.45, 2.75) is 43.7 Å². The van der Waals surface area contributed by atoms with Gasteiger partial charge in [0.1, 0.15) is 4.90 Å². The van der Waals surface area contributed by atoms with Gasteiger partial charge >= 0.3 is 0 Å². The van der Waals surface area contributed by atoms with Gasteiger partial charge in [0.25, 0.3) is 0 Å². The topological polar surface area (TPSA) is 80.3 Å². The molecule has 0 aliphatic carbocycles. The fourth-order valence-corrected chi connectivity index (χ4v) is 3.61. The van der Waals surface area contributed by atoms with Crippen molar-refractivity contribution in [3.8, 4) is 0 Å². The van der Waals surface area contributed by atoms with Crippen LogP contribution in [0.3, 0.4) is 0 Å². The summed E-state index contributed by atoms with van der Waals surface area (Å²) in [6, 6.07) is 1.50. The van der Waals surface area contributed by atoms with Crippen LogP contribution in [0.5, 0.6) is 0 Å². The standard InChI is InChI=1S/C13H21N3O3S/c1-3-6-15-12-4-7-14-9-13(12)20(17,18)16-11-5-8-19-10(11)2/h4,7,9-11,16H,3,5-6,8H2,1-2H3,(H,14,15). The summed E-state index contributed by atoms with van der Waals surface area (Å²) in [6.07, 6.45) is 4.47. The van der Waals surface area contributed by atoms with E-state index in [-0.39, 0.29) is 17.0 Å². The first kappa shape index (κ1) is 15.2. The van der Waals surface area contributed by atoms with Crippen LogP contribution in [0, 0.1) is 0 Å². The second-order valence-electron chi connectivity index (χ2n) is 4.89. The Kier molecular flexibility index (Phi) is 4.95. The maximum absolute atomic E-state index is 12.5. The molecular weight excluding hydrogens is 278 g/mol. The normalized spacial score (nSPS) is 22.9. The van der Waals surface area contributed by atoms with Gasteiger partial charge in [0.05, 0.1) is 17.8 Å². The lowest BCUT2D eigenvalue weighted by Gasteiger charge is -2.18. The minimum Gasteiger partial charge on any atom is -0.384 e. The minimum atomic E-state index is -3.59. The first-order valence-corrected chi connectivity index (χ1v) is 8.34. The summed E-state index contributed by atoms with van der Waals surface area (Å²) in [5.41, 5.74) is 0.584. The predicted molar refractivity (Wildman–Crippen MR) is 77.2 cm³/mol. The summed E-state index contributed by atoms with van der Waals surface area (Å²) in [5, 5.41) is 3.11. The van der Waals surface area contributed by atoms with Gasteiger partial charge < -0.3 is 10.1 Å². The molecule has 1 aliphatic rings. The molecule has 6 nitrogen and oxygen atoms in total. The quantitative estimate of drug-likeness (QED) is 0.829. The number of hydrogen-bond acceptors (Lipinski definition) is 5. The van der Waals surface area contributed by atoms with Gasteiger partial charge in [-0.3, -0.25) is 4.98 Å². The summed E-state index contributed by atoms with van der Waals surface area (Å²) in [7, 11) is -3.59. The zero-order valence-corrected chi connectivity index (χ0v) is 12.6. The number of aromatic nitrogens is 1. The summed E-state index contributed by atoms with van der Waals surface area (Å²) in [5.74, 6) is 0. The first-order valence-electron chi connectivity index (χ1n) is 6.86. The van der Waals surface area contributed by atoms with Crippen molar-refractivity contribution in [2.75, 3.05) is 18.5 Å². The fourth-order valence-electron chi connectivity index (χ4n) is 2.15. The number of nitrogens with zero attached hydrogens (tertiary/aromatic N) is 1. The highest BCUT2D eigenvalue weighted by Gasteiger charge is 2.30. The SMILES string of the molecule is CCCNc1ccncc1S(=O)(=O)NC1CCOC1C. The summed E-state index contributed by atoms with van der Waals surface area (Å²) in [4.78, 5) is 4.11. The number of sulfonamides is 1. The molecule has 1 fully saturated rings. The van der Waals surface area contributed by atoms with Crippen molar-refractivity contribution in [2.24, 2.45) is 0 Å². The van der Waals surface area contributed by atoms with E-state index in [2.05, 4.69) is 15.0 Å². The number of nitrogens with one attached hydrogen (secondary N) is 2. The Balaban J connectivity index is 2.20. The zero-order valence-electron chi connectivity index (χ0n) is 11.8. The number of pyridine rings is 1. The lowest BCUT2D eigenvalue weighted by Crippen LogP contribution is -2.39. The van der Waals surface area contributed by atoms with Crippen LogP contribution in [-0.2, 0) is 14.8 Å². The number of rotatable bonds is 6. The van der Waals surface area contributed by atoms with Crippen molar-refractivity contribution in [1.29, 1.82) is 0 Å². The van der Waals surface area contributed by atoms with Gasteiger partial charge in [-0.05, 0) is 25.8 Å². The molecule has 0 radical (unpaired) electrons. The molecule has 1 aromatic heterocycles. The molecule has 2 N–H and O–H groups in total. The molecule has 1 saturated heterocycles. The third-order valence-corrected chi connectivity index (χ3v) is 4.84. The number of ether oxygens (including phenoxy) is 1. The molecule has 0 spiro atoms. The fraction of sp³-hybridized carbons (Fsp3) is 0.615. The van der Waals surface area contributed by atoms with E-state index < -0.39 is 10.0 Å². The third kappa shape index (κ3) is 3.47. The van der Waals surface area contributed by atoms with Crippen molar-refractivity contribution in [3.05, 3.63) is 18.5 Å². The van der Waals surface area contributed by atoms with Crippen molar-refractivity contribution < 1.29 is 13.2 Å². The Labute approximate surface area is 120 Å². The van der Waals surface area contributed by atoms with E-state index in [4.69, 9.17) is 4.74 Å². The molecular formula is C13H21N3O3S. The Morgan fingerprint density at radius 1 is 1.50 bits per heavy atom. The van der Waals surface area contributed by atoms with Crippen LogP contribution >= 0.6 is 0 Å². The highest BCUT2D eigenvalue weighted by molar-refractivity contribution is 7.89. The molecule has 0 amide bonds. The first-order chi connectivity index (χ1) is 9.54. The van der Waals surface area contributed by atoms with Gasteiger partial charge in [0, 0.05) is 25.5 Å². The van der Waals surface area contributed by atoms with E-state index in [1.54, 1.807) is 12.3 Å². The smallest absolute Gasteiger partial charge is 0.244 e. The van der Waals surface area contributed by atoms with Crippen molar-refractivity contribution in [1.82, 2.24) is 9.71 Å². The van der Waals surface area contributed by atoms with E-state index in [0.29, 0.717) is 18.7 Å². The minimum absolute atomic E-state index is 0.103. The highest BCUT2D eigenvalue weighted by Crippen LogP contribution is 2.22. The van der Waals surface area contributed by atoms with Gasteiger partial charge in [-0.2, -0.15) is 0 Å². The van der Waals surface area contributed by atoms with Crippen LogP contribution in [-0.4, -0.2) is 38.7 Å². The van der Waals surface area contributed by atoms with Crippen LogP contribution in [0.2, 0.25) is 0 Å². The van der Waals surface area contributed by atoms with Crippen molar-refractivity contribution in [3.63, 3.8) is 0 Å². The van der Waals surface area contributed by atoms with Crippen LogP contribution in [0.1, 0.15) is 26.7 Å². The lowest BCUT2D eigenvalue weighted by molar-refractivity contribution is 0.117. The molecule has 1 aromatic rings. The second kappa shape index (κ2) is 6.51. The summed E-state index contributed by atoms with van der Waals surface area (Å²) < 4.78 is 33.0. The van der Waals surface area contributed by atoms with E-state index in [9.17, 15) is 8.42 Å². The maximum atomic E-state index is 12.5. The Bertz CT molecular complexity index is 548. The molecule has 112 valence electrons. The molecule has 0 bridgehead atoms. The third-order valence-electron chi connectivity index (χ3n) is 3.32. The van der Waals surface area contributed by atoms with Crippen molar-refractivity contribution >= 4 is 15.7 Å². The highest BCUT2D eigenvalue weighted by atomic mass is 32.2. The summed E-state index contributed by atoms with van der Waals surface area (Å²) in [6.45, 7) is 5.20. The average Bonchev–Trinajstić information content (AvgIpc) is 2.81. The van der Waals surface area contributed by atoms with Gasteiger partial charge in [0.15, 0.2) is 0 Å². The van der Waals surface area contributed by atoms with Gasteiger partial charge in [-0.15, -0.1) is 0 Å². The van der Waals surface area contributed by atoms with Crippen LogP contribution < -0.4 is 10.0 Å². The van der Waals surface area contributed by atoms with Gasteiger partial charge in [-0.1, -0.05) is 6.92 Å².